The molecule has 3 rings (SSSR count). The van der Waals surface area contributed by atoms with Crippen molar-refractivity contribution in [3.05, 3.63) is 45.9 Å². The van der Waals surface area contributed by atoms with Crippen molar-refractivity contribution in [1.82, 2.24) is 4.31 Å². The molecule has 2 heterocycles. The van der Waals surface area contributed by atoms with Crippen molar-refractivity contribution in [2.24, 2.45) is 0 Å². The predicted octanol–water partition coefficient (Wildman–Crippen LogP) is 2.39. The summed E-state index contributed by atoms with van der Waals surface area (Å²) in [7, 11) is -2.66. The molecule has 0 atom stereocenters. The summed E-state index contributed by atoms with van der Waals surface area (Å²) in [4.78, 5) is 24.9. The number of methoxy groups -OCH3 is 1. The molecule has 1 aliphatic heterocycles. The van der Waals surface area contributed by atoms with Gasteiger partial charge in [-0.1, -0.05) is 0 Å². The van der Waals surface area contributed by atoms with E-state index in [1.165, 1.54) is 41.9 Å². The molecule has 0 unspecified atom stereocenters. The van der Waals surface area contributed by atoms with Gasteiger partial charge in [-0.05, 0) is 36.6 Å². The van der Waals surface area contributed by atoms with Crippen LogP contribution in [-0.2, 0) is 14.8 Å². The van der Waals surface area contributed by atoms with Gasteiger partial charge in [0.05, 0.1) is 12.8 Å². The van der Waals surface area contributed by atoms with Crippen LogP contribution in [0.1, 0.15) is 27.0 Å². The number of halogens is 1. The van der Waals surface area contributed by atoms with Gasteiger partial charge in [-0.2, -0.15) is 4.31 Å². The maximum absolute atomic E-state index is 14.4. The van der Waals surface area contributed by atoms with E-state index in [1.807, 2.05) is 0 Å². The summed E-state index contributed by atoms with van der Waals surface area (Å²) in [6, 6.07) is 5.66. The predicted molar refractivity (Wildman–Crippen MR) is 103 cm³/mol. The van der Waals surface area contributed by atoms with Gasteiger partial charge in [-0.3, -0.25) is 4.79 Å². The fourth-order valence-corrected chi connectivity index (χ4v) is 5.76. The SMILES string of the molecule is COC(=O)c1sccc1S(=O)(=O)N1CCN(c2ccc(C(C)=O)cc2F)CC1. The largest absolute Gasteiger partial charge is 0.465 e. The summed E-state index contributed by atoms with van der Waals surface area (Å²) in [5, 5.41) is 1.53. The fraction of sp³-hybridized carbons (Fsp3) is 0.333. The van der Waals surface area contributed by atoms with Gasteiger partial charge in [0.1, 0.15) is 15.6 Å². The summed E-state index contributed by atoms with van der Waals surface area (Å²) in [6.07, 6.45) is 0. The van der Waals surface area contributed by atoms with Gasteiger partial charge < -0.3 is 9.64 Å². The Kier molecular flexibility index (Phi) is 5.82. The number of carbonyl (C=O) groups excluding carboxylic acids is 2. The summed E-state index contributed by atoms with van der Waals surface area (Å²) in [5.41, 5.74) is 0.614. The maximum Gasteiger partial charge on any atom is 0.349 e. The van der Waals surface area contributed by atoms with E-state index in [-0.39, 0.29) is 47.3 Å². The van der Waals surface area contributed by atoms with E-state index in [9.17, 15) is 22.4 Å². The molecule has 7 nitrogen and oxygen atoms in total. The van der Waals surface area contributed by atoms with Crippen molar-refractivity contribution >= 4 is 38.8 Å². The summed E-state index contributed by atoms with van der Waals surface area (Å²) in [6.45, 7) is 2.23. The number of hydrogen-bond acceptors (Lipinski definition) is 7. The first-order chi connectivity index (χ1) is 13.3. The van der Waals surface area contributed by atoms with Crippen molar-refractivity contribution in [3.63, 3.8) is 0 Å². The van der Waals surface area contributed by atoms with E-state index in [0.717, 1.165) is 11.3 Å². The van der Waals surface area contributed by atoms with Gasteiger partial charge in [-0.25, -0.2) is 17.6 Å². The Bertz CT molecular complexity index is 1010. The van der Waals surface area contributed by atoms with E-state index >= 15 is 0 Å². The van der Waals surface area contributed by atoms with Crippen LogP contribution in [-0.4, -0.2) is 57.8 Å². The number of carbonyl (C=O) groups is 2. The highest BCUT2D eigenvalue weighted by Gasteiger charge is 2.33. The topological polar surface area (TPSA) is 84.0 Å². The van der Waals surface area contributed by atoms with Gasteiger partial charge in [0.25, 0.3) is 0 Å². The number of nitrogens with zero attached hydrogens (tertiary/aromatic N) is 2. The minimum absolute atomic E-state index is 0.0378. The van der Waals surface area contributed by atoms with Crippen LogP contribution >= 0.6 is 11.3 Å². The smallest absolute Gasteiger partial charge is 0.349 e. The number of thiophene rings is 1. The molecule has 0 saturated carbocycles. The number of anilines is 1. The number of hydrogen-bond donors (Lipinski definition) is 0. The second-order valence-electron chi connectivity index (χ2n) is 6.22. The first-order valence-electron chi connectivity index (χ1n) is 8.47. The Hall–Kier alpha value is -2.30. The van der Waals surface area contributed by atoms with E-state index < -0.39 is 21.8 Å². The Morgan fingerprint density at radius 2 is 1.82 bits per heavy atom. The molecule has 10 heteroatoms. The van der Waals surface area contributed by atoms with Crippen LogP contribution < -0.4 is 4.90 Å². The Morgan fingerprint density at radius 1 is 1.14 bits per heavy atom. The lowest BCUT2D eigenvalue weighted by Crippen LogP contribution is -2.49. The van der Waals surface area contributed by atoms with Gasteiger partial charge in [0.2, 0.25) is 10.0 Å². The van der Waals surface area contributed by atoms with E-state index in [4.69, 9.17) is 0 Å². The molecular formula is C18H19FN2O5S2. The molecular weight excluding hydrogens is 407 g/mol. The molecule has 150 valence electrons. The lowest BCUT2D eigenvalue weighted by molar-refractivity contribution is 0.0602. The summed E-state index contributed by atoms with van der Waals surface area (Å²) < 4.78 is 46.1. The van der Waals surface area contributed by atoms with E-state index in [1.54, 1.807) is 11.0 Å². The molecule has 1 saturated heterocycles. The average molecular weight is 426 g/mol. The van der Waals surface area contributed by atoms with Gasteiger partial charge >= 0.3 is 5.97 Å². The molecule has 1 aromatic carbocycles. The summed E-state index contributed by atoms with van der Waals surface area (Å²) >= 11 is 1.01. The molecule has 0 bridgehead atoms. The number of ketones is 1. The number of Topliss-reactive ketones (excluding diaryl/α,β-unsaturated/α-hetero) is 1. The van der Waals surface area contributed by atoms with Crippen LogP contribution in [0.4, 0.5) is 10.1 Å². The van der Waals surface area contributed by atoms with Gasteiger partial charge in [-0.15, -0.1) is 11.3 Å². The van der Waals surface area contributed by atoms with Crippen molar-refractivity contribution in [1.29, 1.82) is 0 Å². The molecule has 0 aliphatic carbocycles. The molecule has 0 amide bonds. The van der Waals surface area contributed by atoms with Crippen LogP contribution in [0, 0.1) is 5.82 Å². The first kappa shape index (κ1) is 20.4. The molecule has 0 spiro atoms. The van der Waals surface area contributed by atoms with Crippen LogP contribution in [0.25, 0.3) is 0 Å². The van der Waals surface area contributed by atoms with Crippen molar-refractivity contribution < 1.29 is 27.1 Å². The normalized spacial score (nSPS) is 15.5. The maximum atomic E-state index is 14.4. The third-order valence-electron chi connectivity index (χ3n) is 4.55. The molecule has 28 heavy (non-hydrogen) atoms. The van der Waals surface area contributed by atoms with Gasteiger partial charge in [0.15, 0.2) is 5.78 Å². The van der Waals surface area contributed by atoms with Crippen LogP contribution in [0.3, 0.4) is 0 Å². The average Bonchev–Trinajstić information content (AvgIpc) is 3.18. The number of piperazine rings is 1. The fourth-order valence-electron chi connectivity index (χ4n) is 3.03. The van der Waals surface area contributed by atoms with Crippen LogP contribution in [0.5, 0.6) is 0 Å². The lowest BCUT2D eigenvalue weighted by Gasteiger charge is -2.35. The third-order valence-corrected chi connectivity index (χ3v) is 7.52. The molecule has 1 aliphatic rings. The summed E-state index contributed by atoms with van der Waals surface area (Å²) in [5.74, 6) is -1.44. The second-order valence-corrected chi connectivity index (χ2v) is 9.04. The zero-order valence-electron chi connectivity index (χ0n) is 15.3. The number of esters is 1. The number of rotatable bonds is 5. The van der Waals surface area contributed by atoms with Crippen molar-refractivity contribution in [3.8, 4) is 0 Å². The molecule has 2 aromatic rings. The Labute approximate surface area is 166 Å². The highest BCUT2D eigenvalue weighted by molar-refractivity contribution is 7.89. The monoisotopic (exact) mass is 426 g/mol. The van der Waals surface area contributed by atoms with Crippen molar-refractivity contribution in [2.75, 3.05) is 38.2 Å². The second kappa shape index (κ2) is 7.98. The van der Waals surface area contributed by atoms with Gasteiger partial charge in [0, 0.05) is 31.7 Å². The van der Waals surface area contributed by atoms with Crippen molar-refractivity contribution in [2.45, 2.75) is 11.8 Å². The third kappa shape index (κ3) is 3.80. The number of benzene rings is 1. The Balaban J connectivity index is 1.76. The highest BCUT2D eigenvalue weighted by atomic mass is 32.2. The first-order valence-corrected chi connectivity index (χ1v) is 10.8. The Morgan fingerprint density at radius 3 is 2.39 bits per heavy atom. The number of ether oxygens (including phenoxy) is 1. The molecule has 1 aromatic heterocycles. The quantitative estimate of drug-likeness (QED) is 0.539. The lowest BCUT2D eigenvalue weighted by atomic mass is 10.1. The molecule has 0 N–H and O–H groups in total. The van der Waals surface area contributed by atoms with Crippen LogP contribution in [0.2, 0.25) is 0 Å². The molecule has 1 fully saturated rings. The zero-order valence-corrected chi connectivity index (χ0v) is 17.0. The minimum Gasteiger partial charge on any atom is -0.465 e. The van der Waals surface area contributed by atoms with Crippen LogP contribution in [0.15, 0.2) is 34.5 Å². The number of sulfonamides is 1. The van der Waals surface area contributed by atoms with E-state index in [0.29, 0.717) is 5.69 Å². The zero-order chi connectivity index (χ0) is 20.5. The molecule has 0 radical (unpaired) electrons. The van der Waals surface area contributed by atoms with E-state index in [2.05, 4.69) is 4.74 Å². The standard InChI is InChI=1S/C18H19FN2O5S2/c1-12(22)13-3-4-15(14(19)11-13)20-6-8-21(9-7-20)28(24,25)16-5-10-27-17(16)18(23)26-2/h3-5,10-11H,6-9H2,1-2H3. The highest BCUT2D eigenvalue weighted by Crippen LogP contribution is 2.28. The minimum atomic E-state index is -3.86.